The SMILES string of the molecule is CC1CCNC1C(=O)N(C)CC(=O)NC(C)(C)C. The second kappa shape index (κ2) is 5.69. The first-order valence-corrected chi connectivity index (χ1v) is 6.50. The Morgan fingerprint density at radius 3 is 2.44 bits per heavy atom. The van der Waals surface area contributed by atoms with E-state index in [1.54, 1.807) is 7.05 Å². The fourth-order valence-electron chi connectivity index (χ4n) is 2.15. The van der Waals surface area contributed by atoms with Crippen LogP contribution >= 0.6 is 0 Å². The van der Waals surface area contributed by atoms with Crippen molar-refractivity contribution in [2.75, 3.05) is 20.1 Å². The molecule has 2 atom stereocenters. The second-order valence-electron chi connectivity index (χ2n) is 6.19. The van der Waals surface area contributed by atoms with E-state index in [9.17, 15) is 9.59 Å². The Labute approximate surface area is 109 Å². The first kappa shape index (κ1) is 15.0. The Kier molecular flexibility index (Phi) is 4.73. The molecule has 1 saturated heterocycles. The molecule has 1 heterocycles. The number of nitrogens with one attached hydrogen (secondary N) is 2. The molecule has 2 amide bonds. The Hall–Kier alpha value is -1.10. The fraction of sp³-hybridized carbons (Fsp3) is 0.846. The number of hydrogen-bond donors (Lipinski definition) is 2. The summed E-state index contributed by atoms with van der Waals surface area (Å²) in [4.78, 5) is 25.4. The number of likely N-dealkylation sites (N-methyl/N-ethyl adjacent to an activating group) is 1. The predicted molar refractivity (Wildman–Crippen MR) is 71.1 cm³/mol. The smallest absolute Gasteiger partial charge is 0.240 e. The van der Waals surface area contributed by atoms with Crippen molar-refractivity contribution in [1.29, 1.82) is 0 Å². The van der Waals surface area contributed by atoms with E-state index >= 15 is 0 Å². The summed E-state index contributed by atoms with van der Waals surface area (Å²) in [5.41, 5.74) is -0.264. The highest BCUT2D eigenvalue weighted by molar-refractivity contribution is 5.87. The molecule has 0 spiro atoms. The first-order valence-electron chi connectivity index (χ1n) is 6.50. The van der Waals surface area contributed by atoms with E-state index < -0.39 is 0 Å². The minimum atomic E-state index is -0.264. The van der Waals surface area contributed by atoms with E-state index in [0.29, 0.717) is 5.92 Å². The molecule has 1 fully saturated rings. The molecule has 1 aliphatic heterocycles. The molecule has 0 saturated carbocycles. The highest BCUT2D eigenvalue weighted by atomic mass is 16.2. The van der Waals surface area contributed by atoms with Gasteiger partial charge in [-0.15, -0.1) is 0 Å². The third kappa shape index (κ3) is 4.29. The van der Waals surface area contributed by atoms with Gasteiger partial charge in [0.05, 0.1) is 12.6 Å². The molecule has 18 heavy (non-hydrogen) atoms. The number of hydrogen-bond acceptors (Lipinski definition) is 3. The van der Waals surface area contributed by atoms with Gasteiger partial charge >= 0.3 is 0 Å². The van der Waals surface area contributed by atoms with Gasteiger partial charge in [-0.2, -0.15) is 0 Å². The summed E-state index contributed by atoms with van der Waals surface area (Å²) in [7, 11) is 1.68. The fourth-order valence-corrected chi connectivity index (χ4v) is 2.15. The summed E-state index contributed by atoms with van der Waals surface area (Å²) in [5.74, 6) is 0.221. The lowest BCUT2D eigenvalue weighted by Gasteiger charge is -2.26. The van der Waals surface area contributed by atoms with Gasteiger partial charge in [0, 0.05) is 12.6 Å². The average Bonchev–Trinajstić information content (AvgIpc) is 2.60. The lowest BCUT2D eigenvalue weighted by molar-refractivity contribution is -0.137. The topological polar surface area (TPSA) is 61.4 Å². The number of carbonyl (C=O) groups is 2. The third-order valence-electron chi connectivity index (χ3n) is 3.07. The molecule has 5 heteroatoms. The van der Waals surface area contributed by atoms with Crippen LogP contribution in [0.1, 0.15) is 34.1 Å². The maximum Gasteiger partial charge on any atom is 0.240 e. The molecule has 0 radical (unpaired) electrons. The zero-order valence-corrected chi connectivity index (χ0v) is 12.0. The van der Waals surface area contributed by atoms with Crippen molar-refractivity contribution in [3.63, 3.8) is 0 Å². The van der Waals surface area contributed by atoms with Gasteiger partial charge in [0.2, 0.25) is 11.8 Å². The van der Waals surface area contributed by atoms with Crippen LogP contribution in [0.25, 0.3) is 0 Å². The molecule has 1 aliphatic rings. The predicted octanol–water partition coefficient (Wildman–Crippen LogP) is 0.358. The summed E-state index contributed by atoms with van der Waals surface area (Å²) in [5, 5.41) is 6.04. The third-order valence-corrected chi connectivity index (χ3v) is 3.07. The normalized spacial score (nSPS) is 23.8. The van der Waals surface area contributed by atoms with Crippen LogP contribution in [-0.2, 0) is 9.59 Å². The second-order valence-corrected chi connectivity index (χ2v) is 6.19. The lowest BCUT2D eigenvalue weighted by atomic mass is 10.0. The van der Waals surface area contributed by atoms with Gasteiger partial charge in [-0.3, -0.25) is 9.59 Å². The van der Waals surface area contributed by atoms with Crippen LogP contribution < -0.4 is 10.6 Å². The zero-order valence-electron chi connectivity index (χ0n) is 12.0. The van der Waals surface area contributed by atoms with Crippen LogP contribution in [0.4, 0.5) is 0 Å². The maximum atomic E-state index is 12.1. The highest BCUT2D eigenvalue weighted by Crippen LogP contribution is 2.16. The van der Waals surface area contributed by atoms with E-state index in [1.165, 1.54) is 4.90 Å². The van der Waals surface area contributed by atoms with Crippen molar-refractivity contribution in [1.82, 2.24) is 15.5 Å². The first-order chi connectivity index (χ1) is 8.20. The Morgan fingerprint density at radius 2 is 2.00 bits per heavy atom. The standard InChI is InChI=1S/C13H25N3O2/c1-9-6-7-14-11(9)12(18)16(5)8-10(17)15-13(2,3)4/h9,11,14H,6-8H2,1-5H3,(H,15,17). The van der Waals surface area contributed by atoms with Gasteiger partial charge in [-0.1, -0.05) is 6.92 Å². The Morgan fingerprint density at radius 1 is 1.39 bits per heavy atom. The van der Waals surface area contributed by atoms with E-state index in [0.717, 1.165) is 13.0 Å². The molecule has 104 valence electrons. The highest BCUT2D eigenvalue weighted by Gasteiger charge is 2.32. The lowest BCUT2D eigenvalue weighted by Crippen LogP contribution is -2.50. The molecule has 0 aromatic heterocycles. The van der Waals surface area contributed by atoms with Crippen molar-refractivity contribution in [3.05, 3.63) is 0 Å². The largest absolute Gasteiger partial charge is 0.350 e. The van der Waals surface area contributed by atoms with Crippen LogP contribution in [0.3, 0.4) is 0 Å². The molecule has 0 aromatic carbocycles. The molecule has 1 rings (SSSR count). The van der Waals surface area contributed by atoms with E-state index in [1.807, 2.05) is 20.8 Å². The van der Waals surface area contributed by atoms with Gasteiger partial charge in [0.25, 0.3) is 0 Å². The Bertz CT molecular complexity index is 323. The number of nitrogens with zero attached hydrogens (tertiary/aromatic N) is 1. The van der Waals surface area contributed by atoms with Crippen molar-refractivity contribution < 1.29 is 9.59 Å². The molecule has 0 bridgehead atoms. The minimum absolute atomic E-state index is 0.00376. The van der Waals surface area contributed by atoms with Gasteiger partial charge in [-0.25, -0.2) is 0 Å². The molecule has 2 N–H and O–H groups in total. The summed E-state index contributed by atoms with van der Waals surface area (Å²) in [6.07, 6.45) is 1.01. The van der Waals surface area contributed by atoms with Crippen LogP contribution in [0.15, 0.2) is 0 Å². The van der Waals surface area contributed by atoms with Crippen LogP contribution in [-0.4, -0.2) is 48.4 Å². The van der Waals surface area contributed by atoms with Crippen LogP contribution in [0, 0.1) is 5.92 Å². The zero-order chi connectivity index (χ0) is 13.9. The summed E-state index contributed by atoms with van der Waals surface area (Å²) >= 11 is 0. The minimum Gasteiger partial charge on any atom is -0.350 e. The van der Waals surface area contributed by atoms with E-state index in [-0.39, 0.29) is 29.9 Å². The number of rotatable bonds is 3. The van der Waals surface area contributed by atoms with Crippen LogP contribution in [0.2, 0.25) is 0 Å². The molecule has 0 aliphatic carbocycles. The molecular formula is C13H25N3O2. The summed E-state index contributed by atoms with van der Waals surface area (Å²) in [6.45, 7) is 8.82. The van der Waals surface area contributed by atoms with Crippen molar-refractivity contribution >= 4 is 11.8 Å². The average molecular weight is 255 g/mol. The molecule has 5 nitrogen and oxygen atoms in total. The monoisotopic (exact) mass is 255 g/mol. The van der Waals surface area contributed by atoms with Crippen LogP contribution in [0.5, 0.6) is 0 Å². The molecule has 0 aromatic rings. The quantitative estimate of drug-likeness (QED) is 0.765. The van der Waals surface area contributed by atoms with Gasteiger partial charge < -0.3 is 15.5 Å². The summed E-state index contributed by atoms with van der Waals surface area (Å²) < 4.78 is 0. The van der Waals surface area contributed by atoms with Crippen molar-refractivity contribution in [2.24, 2.45) is 5.92 Å². The number of amides is 2. The van der Waals surface area contributed by atoms with Crippen molar-refractivity contribution in [3.8, 4) is 0 Å². The maximum absolute atomic E-state index is 12.1. The van der Waals surface area contributed by atoms with E-state index in [4.69, 9.17) is 0 Å². The van der Waals surface area contributed by atoms with Gasteiger partial charge in [0.15, 0.2) is 0 Å². The van der Waals surface area contributed by atoms with Gasteiger partial charge in [-0.05, 0) is 39.7 Å². The Balaban J connectivity index is 2.47. The molecule has 2 unspecified atom stereocenters. The van der Waals surface area contributed by atoms with Gasteiger partial charge in [0.1, 0.15) is 0 Å². The van der Waals surface area contributed by atoms with Crippen molar-refractivity contribution in [2.45, 2.75) is 45.7 Å². The summed E-state index contributed by atoms with van der Waals surface area (Å²) in [6, 6.07) is -0.141. The number of carbonyl (C=O) groups excluding carboxylic acids is 2. The van der Waals surface area contributed by atoms with E-state index in [2.05, 4.69) is 17.6 Å². The molecular weight excluding hydrogens is 230 g/mol.